The molecule has 2 rings (SSSR count). The van der Waals surface area contributed by atoms with Gasteiger partial charge < -0.3 is 0 Å². The minimum Gasteiger partial charge on any atom is -0.253 e. The minimum atomic E-state index is -3.07. The highest BCUT2D eigenvalue weighted by Gasteiger charge is 2.28. The van der Waals surface area contributed by atoms with Crippen molar-refractivity contribution in [3.8, 4) is 0 Å². The van der Waals surface area contributed by atoms with Crippen LogP contribution in [0.4, 0.5) is 0 Å². The fourth-order valence-corrected chi connectivity index (χ4v) is 4.23. The van der Waals surface area contributed by atoms with E-state index in [1.165, 1.54) is 6.33 Å². The predicted molar refractivity (Wildman–Crippen MR) is 73.0 cm³/mol. The first-order chi connectivity index (χ1) is 9.12. The van der Waals surface area contributed by atoms with E-state index in [0.29, 0.717) is 19.0 Å². The second-order valence-electron chi connectivity index (χ2n) is 5.15. The summed E-state index contributed by atoms with van der Waals surface area (Å²) >= 11 is 0. The summed E-state index contributed by atoms with van der Waals surface area (Å²) in [6.07, 6.45) is 6.84. The van der Waals surface area contributed by atoms with E-state index < -0.39 is 10.0 Å². The minimum absolute atomic E-state index is 0.277. The molecule has 2 heterocycles. The molecule has 108 valence electrons. The maximum Gasteiger partial charge on any atom is 0.214 e. The molecule has 1 aromatic heterocycles. The Hall–Kier alpha value is -0.950. The van der Waals surface area contributed by atoms with Crippen LogP contribution in [0.25, 0.3) is 0 Å². The van der Waals surface area contributed by atoms with Gasteiger partial charge in [-0.3, -0.25) is 4.68 Å². The summed E-state index contributed by atoms with van der Waals surface area (Å²) in [7, 11) is -3.07. The molecular weight excluding hydrogens is 264 g/mol. The number of hydrogen-bond donors (Lipinski definition) is 0. The molecule has 0 unspecified atom stereocenters. The molecule has 0 amide bonds. The molecule has 0 bridgehead atoms. The molecule has 1 aromatic rings. The number of sulfonamides is 1. The van der Waals surface area contributed by atoms with E-state index in [-0.39, 0.29) is 5.75 Å². The van der Waals surface area contributed by atoms with Gasteiger partial charge >= 0.3 is 0 Å². The zero-order valence-corrected chi connectivity index (χ0v) is 12.2. The molecule has 0 N–H and O–H groups in total. The van der Waals surface area contributed by atoms with Gasteiger partial charge in [0.2, 0.25) is 10.0 Å². The fourth-order valence-electron chi connectivity index (χ4n) is 2.48. The molecule has 19 heavy (non-hydrogen) atoms. The van der Waals surface area contributed by atoms with Gasteiger partial charge in [-0.1, -0.05) is 13.3 Å². The third kappa shape index (κ3) is 4.01. The molecule has 6 nitrogen and oxygen atoms in total. The maximum atomic E-state index is 12.2. The number of aromatic nitrogens is 3. The monoisotopic (exact) mass is 286 g/mol. The van der Waals surface area contributed by atoms with Gasteiger partial charge in [0.25, 0.3) is 0 Å². The van der Waals surface area contributed by atoms with E-state index in [0.717, 1.165) is 32.2 Å². The average molecular weight is 286 g/mol. The van der Waals surface area contributed by atoms with Crippen molar-refractivity contribution in [1.29, 1.82) is 0 Å². The van der Waals surface area contributed by atoms with Crippen molar-refractivity contribution in [2.24, 2.45) is 5.92 Å². The lowest BCUT2D eigenvalue weighted by Gasteiger charge is -2.31. The van der Waals surface area contributed by atoms with E-state index >= 15 is 0 Å². The number of nitrogens with zero attached hydrogens (tertiary/aromatic N) is 4. The van der Waals surface area contributed by atoms with E-state index in [4.69, 9.17) is 0 Å². The Morgan fingerprint density at radius 3 is 2.95 bits per heavy atom. The highest BCUT2D eigenvalue weighted by atomic mass is 32.2. The number of hydrogen-bond acceptors (Lipinski definition) is 4. The van der Waals surface area contributed by atoms with Crippen LogP contribution < -0.4 is 0 Å². The van der Waals surface area contributed by atoms with Gasteiger partial charge in [0.05, 0.1) is 5.75 Å². The largest absolute Gasteiger partial charge is 0.253 e. The van der Waals surface area contributed by atoms with Crippen LogP contribution in [0.1, 0.15) is 32.6 Å². The lowest BCUT2D eigenvalue weighted by Crippen LogP contribution is -2.42. The second kappa shape index (κ2) is 6.47. The molecular formula is C12H22N4O2S. The van der Waals surface area contributed by atoms with Crippen molar-refractivity contribution in [3.63, 3.8) is 0 Å². The third-order valence-corrected chi connectivity index (χ3v) is 5.47. The van der Waals surface area contributed by atoms with Crippen LogP contribution in [-0.4, -0.2) is 46.3 Å². The van der Waals surface area contributed by atoms with Crippen LogP contribution >= 0.6 is 0 Å². The van der Waals surface area contributed by atoms with Crippen molar-refractivity contribution in [2.75, 3.05) is 18.8 Å². The van der Waals surface area contributed by atoms with Crippen LogP contribution in [0.15, 0.2) is 12.7 Å². The third-order valence-electron chi connectivity index (χ3n) is 3.54. The molecule has 0 spiro atoms. The number of unbranched alkanes of at least 4 members (excludes halogenated alkanes) is 1. The first-order valence-electron chi connectivity index (χ1n) is 6.92. The smallest absolute Gasteiger partial charge is 0.214 e. The highest BCUT2D eigenvalue weighted by Crippen LogP contribution is 2.21. The normalized spacial score (nSPS) is 21.6. The molecule has 0 aromatic carbocycles. The summed E-state index contributed by atoms with van der Waals surface area (Å²) in [5.41, 5.74) is 0. The Balaban J connectivity index is 1.93. The van der Waals surface area contributed by atoms with Gasteiger partial charge in [-0.15, -0.1) is 0 Å². The van der Waals surface area contributed by atoms with Crippen molar-refractivity contribution >= 4 is 10.0 Å². The SMILES string of the molecule is CCCCS(=O)(=O)N1CCC[C@@H](Cn2cncn2)C1. The molecule has 1 atom stereocenters. The Bertz CT molecular complexity index is 472. The van der Waals surface area contributed by atoms with Crippen molar-refractivity contribution in [1.82, 2.24) is 19.1 Å². The van der Waals surface area contributed by atoms with Gasteiger partial charge in [0, 0.05) is 19.6 Å². The topological polar surface area (TPSA) is 68.1 Å². The second-order valence-corrected chi connectivity index (χ2v) is 7.24. The van der Waals surface area contributed by atoms with Crippen LogP contribution in [0.3, 0.4) is 0 Å². The van der Waals surface area contributed by atoms with Gasteiger partial charge in [-0.2, -0.15) is 5.10 Å². The molecule has 0 saturated carbocycles. The zero-order chi connectivity index (χ0) is 13.7. The first kappa shape index (κ1) is 14.5. The summed E-state index contributed by atoms with van der Waals surface area (Å²) in [5.74, 6) is 0.617. The van der Waals surface area contributed by atoms with Crippen molar-refractivity contribution < 1.29 is 8.42 Å². The first-order valence-corrected chi connectivity index (χ1v) is 8.53. The summed E-state index contributed by atoms with van der Waals surface area (Å²) in [6.45, 7) is 4.05. The van der Waals surface area contributed by atoms with E-state index in [2.05, 4.69) is 10.1 Å². The maximum absolute atomic E-state index is 12.2. The molecule has 0 aliphatic carbocycles. The lowest BCUT2D eigenvalue weighted by atomic mass is 10.00. The Morgan fingerprint density at radius 2 is 2.26 bits per heavy atom. The predicted octanol–water partition coefficient (Wildman–Crippen LogP) is 1.12. The summed E-state index contributed by atoms with van der Waals surface area (Å²) in [4.78, 5) is 3.92. The van der Waals surface area contributed by atoms with Crippen LogP contribution in [0, 0.1) is 5.92 Å². The van der Waals surface area contributed by atoms with Crippen molar-refractivity contribution in [2.45, 2.75) is 39.2 Å². The van der Waals surface area contributed by atoms with E-state index in [1.54, 1.807) is 15.3 Å². The molecule has 0 radical (unpaired) electrons. The van der Waals surface area contributed by atoms with Gasteiger partial charge in [-0.05, 0) is 25.2 Å². The highest BCUT2D eigenvalue weighted by molar-refractivity contribution is 7.89. The standard InChI is InChI=1S/C12H22N4O2S/c1-2-3-7-19(17,18)16-6-4-5-12(9-16)8-15-11-13-10-14-15/h10-12H,2-9H2,1H3/t12-/m0/s1. The quantitative estimate of drug-likeness (QED) is 0.786. The molecule has 1 aliphatic heterocycles. The fraction of sp³-hybridized carbons (Fsp3) is 0.833. The summed E-state index contributed by atoms with van der Waals surface area (Å²) < 4.78 is 27.8. The molecule has 1 aliphatic rings. The Morgan fingerprint density at radius 1 is 1.42 bits per heavy atom. The van der Waals surface area contributed by atoms with Gasteiger partial charge in [-0.25, -0.2) is 17.7 Å². The van der Waals surface area contributed by atoms with E-state index in [9.17, 15) is 8.42 Å². The van der Waals surface area contributed by atoms with Gasteiger partial charge in [0.15, 0.2) is 0 Å². The zero-order valence-electron chi connectivity index (χ0n) is 11.4. The van der Waals surface area contributed by atoms with E-state index in [1.807, 2.05) is 6.92 Å². The number of rotatable bonds is 6. The average Bonchev–Trinajstić information content (AvgIpc) is 2.90. The van der Waals surface area contributed by atoms with Crippen LogP contribution in [0.5, 0.6) is 0 Å². The van der Waals surface area contributed by atoms with Crippen LogP contribution in [-0.2, 0) is 16.6 Å². The molecule has 7 heteroatoms. The number of piperidine rings is 1. The molecule has 1 fully saturated rings. The Labute approximate surface area is 114 Å². The molecule has 1 saturated heterocycles. The van der Waals surface area contributed by atoms with Gasteiger partial charge in [0.1, 0.15) is 12.7 Å². The van der Waals surface area contributed by atoms with Crippen molar-refractivity contribution in [3.05, 3.63) is 12.7 Å². The van der Waals surface area contributed by atoms with Crippen LogP contribution in [0.2, 0.25) is 0 Å². The Kier molecular flexibility index (Phi) is 4.93. The summed E-state index contributed by atoms with van der Waals surface area (Å²) in [6, 6.07) is 0. The summed E-state index contributed by atoms with van der Waals surface area (Å²) in [5, 5.41) is 4.08. The lowest BCUT2D eigenvalue weighted by molar-refractivity contribution is 0.239.